The van der Waals surface area contributed by atoms with Gasteiger partial charge in [-0.3, -0.25) is 0 Å². The summed E-state index contributed by atoms with van der Waals surface area (Å²) < 4.78 is 60.7. The molecule has 0 amide bonds. The highest BCUT2D eigenvalue weighted by Gasteiger charge is 2.48. The lowest BCUT2D eigenvalue weighted by Gasteiger charge is -2.20. The Morgan fingerprint density at radius 2 is 2.00 bits per heavy atom. The van der Waals surface area contributed by atoms with Gasteiger partial charge in [0.2, 0.25) is 0 Å². The van der Waals surface area contributed by atoms with Gasteiger partial charge in [0.15, 0.2) is 0 Å². The highest BCUT2D eigenvalue weighted by Crippen LogP contribution is 2.39. The van der Waals surface area contributed by atoms with Crippen LogP contribution in [0.15, 0.2) is 0 Å². The average Bonchev–Trinajstić information content (AvgIpc) is 2.03. The molecule has 1 aliphatic heterocycles. The maximum Gasteiger partial charge on any atom is 0.523 e. The van der Waals surface area contributed by atoms with Gasteiger partial charge in [-0.05, 0) is 12.8 Å². The van der Waals surface area contributed by atoms with Crippen molar-refractivity contribution < 1.29 is 25.8 Å². The van der Waals surface area contributed by atoms with E-state index in [1.807, 2.05) is 0 Å². The van der Waals surface area contributed by atoms with E-state index in [0.717, 1.165) is 16.5 Å². The summed E-state index contributed by atoms with van der Waals surface area (Å²) in [5.41, 5.74) is -6.24. The Morgan fingerprint density at radius 3 is 2.43 bits per heavy atom. The fourth-order valence-corrected chi connectivity index (χ4v) is 4.14. The number of halogens is 3. The van der Waals surface area contributed by atoms with Crippen molar-refractivity contribution in [3.05, 3.63) is 0 Å². The van der Waals surface area contributed by atoms with E-state index in [1.165, 1.54) is 10.8 Å². The van der Waals surface area contributed by atoms with Crippen LogP contribution >= 0.6 is 21.6 Å². The fourth-order valence-electron chi connectivity index (χ4n) is 0.741. The van der Waals surface area contributed by atoms with Crippen molar-refractivity contribution in [2.75, 3.05) is 5.75 Å². The third kappa shape index (κ3) is 3.21. The predicted molar refractivity (Wildman–Crippen MR) is 49.1 cm³/mol. The van der Waals surface area contributed by atoms with Crippen LogP contribution in [0.3, 0.4) is 0 Å². The summed E-state index contributed by atoms with van der Waals surface area (Å²) in [6.07, 6.45) is 0.989. The van der Waals surface area contributed by atoms with E-state index < -0.39 is 21.1 Å². The molecular formula is C5H7F3O3S3. The fraction of sp³-hybridized carbons (Fsp3) is 1.00. The first kappa shape index (κ1) is 12.5. The van der Waals surface area contributed by atoms with E-state index in [0.29, 0.717) is 12.8 Å². The third-order valence-corrected chi connectivity index (χ3v) is 5.22. The molecule has 1 unspecified atom stereocenters. The zero-order chi connectivity index (χ0) is 10.8. The zero-order valence-electron chi connectivity index (χ0n) is 6.78. The molecule has 0 spiro atoms. The quantitative estimate of drug-likeness (QED) is 0.437. The van der Waals surface area contributed by atoms with Crippen molar-refractivity contribution >= 4 is 31.7 Å². The molecule has 0 bridgehead atoms. The number of rotatable bonds is 2. The molecule has 0 aromatic rings. The van der Waals surface area contributed by atoms with Crippen LogP contribution in [0.2, 0.25) is 0 Å². The van der Waals surface area contributed by atoms with Crippen molar-refractivity contribution in [3.8, 4) is 0 Å². The van der Waals surface area contributed by atoms with Crippen molar-refractivity contribution in [3.63, 3.8) is 0 Å². The molecule has 0 saturated carbocycles. The minimum Gasteiger partial charge on any atom is -0.248 e. The molecule has 9 heteroatoms. The van der Waals surface area contributed by atoms with E-state index >= 15 is 0 Å². The summed E-state index contributed by atoms with van der Waals surface area (Å²) in [5, 5.41) is 0. The van der Waals surface area contributed by atoms with E-state index in [9.17, 15) is 21.6 Å². The standard InChI is InChI=1S/C5H7F3O3S3/c6-5(7,8)14(9,10)11-4-2-1-3-12-13-4/h4H,1-3H2. The van der Waals surface area contributed by atoms with Crippen molar-refractivity contribution in [2.24, 2.45) is 0 Å². The molecule has 0 radical (unpaired) electrons. The van der Waals surface area contributed by atoms with Gasteiger partial charge in [0.1, 0.15) is 5.44 Å². The zero-order valence-corrected chi connectivity index (χ0v) is 9.23. The van der Waals surface area contributed by atoms with Gasteiger partial charge >= 0.3 is 15.6 Å². The highest BCUT2D eigenvalue weighted by molar-refractivity contribution is 8.77. The first-order valence-corrected chi connectivity index (χ1v) is 7.40. The average molecular weight is 268 g/mol. The molecule has 1 aliphatic rings. The highest BCUT2D eigenvalue weighted by atomic mass is 33.1. The molecule has 0 aromatic heterocycles. The second-order valence-corrected chi connectivity index (χ2v) is 6.70. The molecule has 84 valence electrons. The smallest absolute Gasteiger partial charge is 0.248 e. The molecule has 3 nitrogen and oxygen atoms in total. The summed E-state index contributed by atoms with van der Waals surface area (Å²) in [4.78, 5) is 0. The second-order valence-electron chi connectivity index (χ2n) is 2.49. The predicted octanol–water partition coefficient (Wildman–Crippen LogP) is 2.35. The van der Waals surface area contributed by atoms with Crippen LogP contribution in [-0.4, -0.2) is 25.1 Å². The summed E-state index contributed by atoms with van der Waals surface area (Å²) in [5.74, 6) is 0.802. The Bertz CT molecular complexity index is 280. The lowest BCUT2D eigenvalue weighted by atomic mass is 10.4. The summed E-state index contributed by atoms with van der Waals surface area (Å²) in [6, 6.07) is 0. The van der Waals surface area contributed by atoms with Gasteiger partial charge in [-0.25, -0.2) is 4.18 Å². The Balaban J connectivity index is 2.58. The second kappa shape index (κ2) is 4.50. The van der Waals surface area contributed by atoms with Crippen LogP contribution in [0.5, 0.6) is 0 Å². The molecule has 1 atom stereocenters. The lowest BCUT2D eigenvalue weighted by molar-refractivity contribution is -0.0551. The number of alkyl halides is 3. The van der Waals surface area contributed by atoms with Gasteiger partial charge in [0, 0.05) is 5.75 Å². The molecule has 1 heterocycles. The molecule has 1 rings (SSSR count). The van der Waals surface area contributed by atoms with Gasteiger partial charge < -0.3 is 0 Å². The Morgan fingerprint density at radius 1 is 1.36 bits per heavy atom. The number of hydrogen-bond acceptors (Lipinski definition) is 5. The third-order valence-electron chi connectivity index (χ3n) is 1.36. The monoisotopic (exact) mass is 268 g/mol. The van der Waals surface area contributed by atoms with E-state index in [4.69, 9.17) is 0 Å². The molecular weight excluding hydrogens is 261 g/mol. The van der Waals surface area contributed by atoms with Crippen LogP contribution in [-0.2, 0) is 14.3 Å². The van der Waals surface area contributed by atoms with Crippen LogP contribution in [0.25, 0.3) is 0 Å². The first-order chi connectivity index (χ1) is 6.33. The summed E-state index contributed by atoms with van der Waals surface area (Å²) in [6.45, 7) is 0. The minimum absolute atomic E-state index is 0.326. The topological polar surface area (TPSA) is 43.4 Å². The van der Waals surface area contributed by atoms with Gasteiger partial charge in [0.25, 0.3) is 0 Å². The summed E-state index contributed by atoms with van der Waals surface area (Å²) >= 11 is 0. The molecule has 1 fully saturated rings. The van der Waals surface area contributed by atoms with Gasteiger partial charge in [0.05, 0.1) is 0 Å². The lowest BCUT2D eigenvalue weighted by Crippen LogP contribution is -2.29. The van der Waals surface area contributed by atoms with Crippen LogP contribution in [0.1, 0.15) is 12.8 Å². The summed E-state index contributed by atoms with van der Waals surface area (Å²) in [7, 11) is -3.10. The minimum atomic E-state index is -5.43. The maximum absolute atomic E-state index is 11.9. The molecule has 0 aliphatic carbocycles. The Labute approximate surface area is 87.3 Å². The van der Waals surface area contributed by atoms with E-state index in [1.54, 1.807) is 0 Å². The van der Waals surface area contributed by atoms with Crippen molar-refractivity contribution in [2.45, 2.75) is 23.8 Å². The van der Waals surface area contributed by atoms with Crippen LogP contribution < -0.4 is 0 Å². The maximum atomic E-state index is 11.9. The molecule has 1 saturated heterocycles. The van der Waals surface area contributed by atoms with Gasteiger partial charge in [-0.1, -0.05) is 21.6 Å². The van der Waals surface area contributed by atoms with Gasteiger partial charge in [-0.15, -0.1) is 0 Å². The largest absolute Gasteiger partial charge is 0.523 e. The Kier molecular flexibility index (Phi) is 4.01. The Hall–Kier alpha value is 0.400. The van der Waals surface area contributed by atoms with E-state index in [-0.39, 0.29) is 0 Å². The van der Waals surface area contributed by atoms with Crippen LogP contribution in [0, 0.1) is 0 Å². The molecule has 14 heavy (non-hydrogen) atoms. The van der Waals surface area contributed by atoms with Gasteiger partial charge in [-0.2, -0.15) is 21.6 Å². The molecule has 0 N–H and O–H groups in total. The molecule has 0 aromatic carbocycles. The van der Waals surface area contributed by atoms with Crippen LogP contribution in [0.4, 0.5) is 13.2 Å². The van der Waals surface area contributed by atoms with Crippen molar-refractivity contribution in [1.82, 2.24) is 0 Å². The van der Waals surface area contributed by atoms with Crippen molar-refractivity contribution in [1.29, 1.82) is 0 Å². The SMILES string of the molecule is O=S(=O)(OC1CCCSS1)C(F)(F)F. The first-order valence-electron chi connectivity index (χ1n) is 3.61. The normalized spacial score (nSPS) is 24.9. The number of hydrogen-bond donors (Lipinski definition) is 0. The van der Waals surface area contributed by atoms with E-state index in [2.05, 4.69) is 4.18 Å².